The molecule has 0 fully saturated rings. The first kappa shape index (κ1) is 15.5. The second-order valence-corrected chi connectivity index (χ2v) is 5.89. The number of thiazole rings is 1. The molecule has 1 aliphatic rings. The molecule has 3 N–H and O–H groups in total. The number of carboxylic acid groups (broad SMARTS) is 1. The Kier molecular flexibility index (Phi) is 5.32. The predicted octanol–water partition coefficient (Wildman–Crippen LogP) is 2.70. The van der Waals surface area contributed by atoms with Gasteiger partial charge in [-0.3, -0.25) is 0 Å². The van der Waals surface area contributed by atoms with Crippen molar-refractivity contribution in [3.8, 4) is 0 Å². The SMILES string of the molecule is CC(NC(=O)NCCC1=CCCC1)c1nc(C(=O)O)cs1. The van der Waals surface area contributed by atoms with Crippen LogP contribution < -0.4 is 10.6 Å². The Morgan fingerprint density at radius 3 is 2.95 bits per heavy atom. The van der Waals surface area contributed by atoms with Gasteiger partial charge in [0.1, 0.15) is 5.01 Å². The molecule has 7 heteroatoms. The maximum absolute atomic E-state index is 11.8. The summed E-state index contributed by atoms with van der Waals surface area (Å²) in [6.45, 7) is 2.40. The molecule has 0 radical (unpaired) electrons. The monoisotopic (exact) mass is 309 g/mol. The highest BCUT2D eigenvalue weighted by molar-refractivity contribution is 7.09. The number of carboxylic acids is 1. The number of hydrogen-bond donors (Lipinski definition) is 3. The smallest absolute Gasteiger partial charge is 0.355 e. The number of carbonyl (C=O) groups is 2. The average molecular weight is 309 g/mol. The molecule has 0 bridgehead atoms. The molecule has 1 atom stereocenters. The number of nitrogens with one attached hydrogen (secondary N) is 2. The first-order valence-electron chi connectivity index (χ1n) is 6.97. The van der Waals surface area contributed by atoms with E-state index >= 15 is 0 Å². The lowest BCUT2D eigenvalue weighted by Crippen LogP contribution is -2.37. The molecule has 6 nitrogen and oxygen atoms in total. The fourth-order valence-electron chi connectivity index (χ4n) is 2.20. The lowest BCUT2D eigenvalue weighted by molar-refractivity contribution is 0.0691. The van der Waals surface area contributed by atoms with Crippen LogP contribution in [0.25, 0.3) is 0 Å². The van der Waals surface area contributed by atoms with Crippen molar-refractivity contribution in [1.29, 1.82) is 0 Å². The summed E-state index contributed by atoms with van der Waals surface area (Å²) in [4.78, 5) is 26.5. The van der Waals surface area contributed by atoms with Gasteiger partial charge in [0.05, 0.1) is 6.04 Å². The van der Waals surface area contributed by atoms with Gasteiger partial charge in [0.2, 0.25) is 0 Å². The number of allylic oxidation sites excluding steroid dienone is 1. The van der Waals surface area contributed by atoms with Crippen molar-refractivity contribution in [2.75, 3.05) is 6.54 Å². The van der Waals surface area contributed by atoms with E-state index in [2.05, 4.69) is 21.7 Å². The van der Waals surface area contributed by atoms with E-state index in [1.54, 1.807) is 6.92 Å². The van der Waals surface area contributed by atoms with Crippen LogP contribution in [0.15, 0.2) is 17.0 Å². The number of aromatic carboxylic acids is 1. The Morgan fingerprint density at radius 1 is 1.52 bits per heavy atom. The summed E-state index contributed by atoms with van der Waals surface area (Å²) in [5, 5.41) is 16.4. The third kappa shape index (κ3) is 4.56. The molecule has 114 valence electrons. The third-order valence-electron chi connectivity index (χ3n) is 3.33. The van der Waals surface area contributed by atoms with Crippen molar-refractivity contribution in [2.45, 2.75) is 38.6 Å². The van der Waals surface area contributed by atoms with Gasteiger partial charge in [0.25, 0.3) is 0 Å². The normalized spacial score (nSPS) is 15.4. The van der Waals surface area contributed by atoms with Crippen LogP contribution in [-0.2, 0) is 0 Å². The van der Waals surface area contributed by atoms with Crippen LogP contribution in [0.2, 0.25) is 0 Å². The fraction of sp³-hybridized carbons (Fsp3) is 0.500. The van der Waals surface area contributed by atoms with Crippen LogP contribution in [0.5, 0.6) is 0 Å². The number of carbonyl (C=O) groups excluding carboxylic acids is 1. The lowest BCUT2D eigenvalue weighted by atomic mass is 10.2. The maximum Gasteiger partial charge on any atom is 0.355 e. The van der Waals surface area contributed by atoms with Crippen molar-refractivity contribution >= 4 is 23.3 Å². The van der Waals surface area contributed by atoms with Crippen LogP contribution >= 0.6 is 11.3 Å². The highest BCUT2D eigenvalue weighted by Gasteiger charge is 2.15. The zero-order chi connectivity index (χ0) is 15.2. The van der Waals surface area contributed by atoms with Crippen LogP contribution in [0, 0.1) is 0 Å². The number of aromatic nitrogens is 1. The number of amides is 2. The van der Waals surface area contributed by atoms with Gasteiger partial charge in [0.15, 0.2) is 5.69 Å². The zero-order valence-electron chi connectivity index (χ0n) is 11.9. The summed E-state index contributed by atoms with van der Waals surface area (Å²) in [6.07, 6.45) is 6.63. The van der Waals surface area contributed by atoms with E-state index in [9.17, 15) is 9.59 Å². The van der Waals surface area contributed by atoms with E-state index in [1.165, 1.54) is 28.7 Å². The second-order valence-electron chi connectivity index (χ2n) is 5.00. The quantitative estimate of drug-likeness (QED) is 0.705. The standard InChI is InChI=1S/C14H19N3O3S/c1-9(12-17-11(8-21-12)13(18)19)16-14(20)15-7-6-10-4-2-3-5-10/h4,8-9H,2-3,5-7H2,1H3,(H,18,19)(H2,15,16,20). The van der Waals surface area contributed by atoms with E-state index in [-0.39, 0.29) is 17.8 Å². The molecular weight excluding hydrogens is 290 g/mol. The summed E-state index contributed by atoms with van der Waals surface area (Å²) in [5.41, 5.74) is 1.42. The minimum atomic E-state index is -1.06. The Labute approximate surface area is 127 Å². The lowest BCUT2D eigenvalue weighted by Gasteiger charge is -2.12. The molecular formula is C14H19N3O3S. The van der Waals surface area contributed by atoms with E-state index in [0.717, 1.165) is 19.3 Å². The number of nitrogens with zero attached hydrogens (tertiary/aromatic N) is 1. The van der Waals surface area contributed by atoms with Crippen molar-refractivity contribution in [1.82, 2.24) is 15.6 Å². The van der Waals surface area contributed by atoms with Crippen LogP contribution in [0.1, 0.15) is 54.1 Å². The Balaban J connectivity index is 1.74. The largest absolute Gasteiger partial charge is 0.476 e. The highest BCUT2D eigenvalue weighted by atomic mass is 32.1. The summed E-state index contributed by atoms with van der Waals surface area (Å²) < 4.78 is 0. The van der Waals surface area contributed by atoms with Crippen LogP contribution in [0.3, 0.4) is 0 Å². The van der Waals surface area contributed by atoms with E-state index in [1.807, 2.05) is 0 Å². The van der Waals surface area contributed by atoms with Crippen LogP contribution in [0.4, 0.5) is 4.79 Å². The first-order chi connectivity index (χ1) is 10.1. The molecule has 1 heterocycles. The molecule has 0 aliphatic heterocycles. The molecule has 2 rings (SSSR count). The zero-order valence-corrected chi connectivity index (χ0v) is 12.7. The Hall–Kier alpha value is -1.89. The molecule has 0 saturated heterocycles. The van der Waals surface area contributed by atoms with Gasteiger partial charge < -0.3 is 15.7 Å². The topological polar surface area (TPSA) is 91.3 Å². The number of rotatable bonds is 6. The minimum Gasteiger partial charge on any atom is -0.476 e. The van der Waals surface area contributed by atoms with Crippen molar-refractivity contribution in [2.24, 2.45) is 0 Å². The number of hydrogen-bond acceptors (Lipinski definition) is 4. The summed E-state index contributed by atoms with van der Waals surface area (Å²) in [5.74, 6) is -1.06. The molecule has 1 aromatic heterocycles. The van der Waals surface area contributed by atoms with Crippen molar-refractivity contribution < 1.29 is 14.7 Å². The maximum atomic E-state index is 11.8. The molecule has 0 spiro atoms. The van der Waals surface area contributed by atoms with E-state index in [4.69, 9.17) is 5.11 Å². The van der Waals surface area contributed by atoms with Gasteiger partial charge in [0, 0.05) is 11.9 Å². The summed E-state index contributed by atoms with van der Waals surface area (Å²) in [6, 6.07) is -0.568. The second kappa shape index (κ2) is 7.21. The number of urea groups is 1. The fourth-order valence-corrected chi connectivity index (χ4v) is 3.00. The summed E-state index contributed by atoms with van der Waals surface area (Å²) in [7, 11) is 0. The van der Waals surface area contributed by atoms with Crippen LogP contribution in [-0.4, -0.2) is 28.6 Å². The van der Waals surface area contributed by atoms with Crippen molar-refractivity contribution in [3.63, 3.8) is 0 Å². The molecule has 2 amide bonds. The van der Waals surface area contributed by atoms with Gasteiger partial charge in [-0.05, 0) is 32.6 Å². The first-order valence-corrected chi connectivity index (χ1v) is 7.85. The molecule has 0 saturated carbocycles. The Morgan fingerprint density at radius 2 is 2.33 bits per heavy atom. The predicted molar refractivity (Wildman–Crippen MR) is 80.6 cm³/mol. The van der Waals surface area contributed by atoms with E-state index in [0.29, 0.717) is 11.6 Å². The highest BCUT2D eigenvalue weighted by Crippen LogP contribution is 2.20. The van der Waals surface area contributed by atoms with Crippen molar-refractivity contribution in [3.05, 3.63) is 27.7 Å². The third-order valence-corrected chi connectivity index (χ3v) is 4.35. The minimum absolute atomic E-state index is 0.0113. The van der Waals surface area contributed by atoms with Gasteiger partial charge in [-0.25, -0.2) is 14.6 Å². The molecule has 1 aliphatic carbocycles. The van der Waals surface area contributed by atoms with Gasteiger partial charge in [-0.15, -0.1) is 11.3 Å². The average Bonchev–Trinajstić information content (AvgIpc) is 3.09. The van der Waals surface area contributed by atoms with Gasteiger partial charge >= 0.3 is 12.0 Å². The molecule has 0 aromatic carbocycles. The van der Waals surface area contributed by atoms with Gasteiger partial charge in [-0.2, -0.15) is 0 Å². The molecule has 1 unspecified atom stereocenters. The summed E-state index contributed by atoms with van der Waals surface area (Å²) >= 11 is 1.23. The molecule has 1 aromatic rings. The Bertz CT molecular complexity index is 553. The molecule has 21 heavy (non-hydrogen) atoms. The van der Waals surface area contributed by atoms with E-state index < -0.39 is 5.97 Å². The van der Waals surface area contributed by atoms with Gasteiger partial charge in [-0.1, -0.05) is 11.6 Å².